The van der Waals surface area contributed by atoms with E-state index in [0.717, 1.165) is 48.8 Å². The number of hydrogen-bond acceptors (Lipinski definition) is 2. The maximum Gasteiger partial charge on any atom is 0.165 e. The average Bonchev–Trinajstić information content (AvgIpc) is 3.07. The maximum absolute atomic E-state index is 12.6. The van der Waals surface area contributed by atoms with Gasteiger partial charge in [-0.2, -0.15) is 0 Å². The minimum Gasteiger partial charge on any atom is -0.388 e. The summed E-state index contributed by atoms with van der Waals surface area (Å²) in [5.41, 5.74) is 3.21. The van der Waals surface area contributed by atoms with Crippen molar-refractivity contribution in [2.75, 3.05) is 0 Å². The molecule has 0 spiro atoms. The number of carbonyl (C=O) groups excluding carboxylic acids is 1. The molecule has 1 N–H and O–H groups in total. The molecule has 0 radical (unpaired) electrons. The van der Waals surface area contributed by atoms with Crippen LogP contribution < -0.4 is 0 Å². The number of ketones is 1. The van der Waals surface area contributed by atoms with Crippen molar-refractivity contribution in [1.82, 2.24) is 0 Å². The number of unbranched alkanes of at least 4 members (excludes halogenated alkanes) is 1. The smallest absolute Gasteiger partial charge is 0.165 e. The highest BCUT2D eigenvalue weighted by molar-refractivity contribution is 6.07. The maximum atomic E-state index is 12.6. The number of hydrogen-bond donors (Lipinski definition) is 1. The Hall–Kier alpha value is -2.19. The van der Waals surface area contributed by atoms with Crippen molar-refractivity contribution in [3.63, 3.8) is 0 Å². The summed E-state index contributed by atoms with van der Waals surface area (Å²) in [6.07, 6.45) is 7.16. The molecule has 3 unspecified atom stereocenters. The molecule has 2 bridgehead atoms. The number of aliphatic hydroxyl groups excluding tert-OH is 1. The van der Waals surface area contributed by atoms with Crippen molar-refractivity contribution in [2.24, 2.45) is 16.7 Å². The summed E-state index contributed by atoms with van der Waals surface area (Å²) in [7, 11) is 0. The van der Waals surface area contributed by atoms with E-state index >= 15 is 0 Å². The van der Waals surface area contributed by atoms with Gasteiger partial charge in [-0.15, -0.1) is 0 Å². The van der Waals surface area contributed by atoms with E-state index in [-0.39, 0.29) is 16.9 Å². The molecule has 2 heteroatoms. The van der Waals surface area contributed by atoms with Crippen molar-refractivity contribution in [3.05, 3.63) is 77.4 Å². The van der Waals surface area contributed by atoms with Crippen LogP contribution in [0.3, 0.4) is 0 Å². The predicted molar refractivity (Wildman–Crippen MR) is 125 cm³/mol. The van der Waals surface area contributed by atoms with Gasteiger partial charge in [0, 0.05) is 5.41 Å². The van der Waals surface area contributed by atoms with Crippen LogP contribution in [0.5, 0.6) is 0 Å². The van der Waals surface area contributed by atoms with Gasteiger partial charge in [-0.25, -0.2) is 0 Å². The first-order valence-corrected chi connectivity index (χ1v) is 11.4. The highest BCUT2D eigenvalue weighted by Crippen LogP contribution is 2.65. The van der Waals surface area contributed by atoms with E-state index in [1.165, 1.54) is 0 Å². The molecule has 0 heterocycles. The third kappa shape index (κ3) is 4.30. The van der Waals surface area contributed by atoms with Gasteiger partial charge in [0.25, 0.3) is 0 Å². The van der Waals surface area contributed by atoms with E-state index in [2.05, 4.69) is 45.9 Å². The molecule has 2 aromatic carbocycles. The highest BCUT2D eigenvalue weighted by atomic mass is 16.3. The standard InChI is InChI=1S/C17H20O.C11H16O/c1-16(2)14-9-10-17(16,3)15(18)13(14)11-12-7-5-4-6-8-12;1-2-3-9-11(12)10-7-5-4-6-8-10/h4-8,11,14H,9-10H2,1-3H3;4-8,11-12H,2-3,9H2,1H3. The summed E-state index contributed by atoms with van der Waals surface area (Å²) in [5.74, 6) is 0.822. The molecule has 2 aliphatic carbocycles. The Bertz CT molecular complexity index is 866. The molecule has 3 atom stereocenters. The van der Waals surface area contributed by atoms with Crippen LogP contribution in [0.25, 0.3) is 6.08 Å². The van der Waals surface area contributed by atoms with Crippen LogP contribution in [-0.4, -0.2) is 10.9 Å². The number of carbonyl (C=O) groups is 1. The molecule has 2 aliphatic rings. The largest absolute Gasteiger partial charge is 0.388 e. The Balaban J connectivity index is 0.000000187. The molecule has 160 valence electrons. The van der Waals surface area contributed by atoms with Crippen molar-refractivity contribution >= 4 is 11.9 Å². The van der Waals surface area contributed by atoms with Crippen LogP contribution in [0, 0.1) is 16.7 Å². The average molecular weight is 405 g/mol. The molecule has 2 saturated carbocycles. The number of fused-ring (bicyclic) bond motifs is 2. The Morgan fingerprint density at radius 1 is 1.03 bits per heavy atom. The van der Waals surface area contributed by atoms with E-state index in [4.69, 9.17) is 0 Å². The Morgan fingerprint density at radius 3 is 2.17 bits per heavy atom. The third-order valence-electron chi connectivity index (χ3n) is 7.50. The minimum atomic E-state index is -0.272. The van der Waals surface area contributed by atoms with Gasteiger partial charge in [0.05, 0.1) is 6.10 Å². The molecule has 30 heavy (non-hydrogen) atoms. The van der Waals surface area contributed by atoms with E-state index in [1.54, 1.807) is 0 Å². The molecule has 0 aliphatic heterocycles. The van der Waals surface area contributed by atoms with Gasteiger partial charge in [-0.1, -0.05) is 101 Å². The van der Waals surface area contributed by atoms with Crippen LogP contribution in [0.15, 0.2) is 66.2 Å². The van der Waals surface area contributed by atoms with E-state index in [0.29, 0.717) is 11.7 Å². The van der Waals surface area contributed by atoms with Crippen LogP contribution in [0.2, 0.25) is 0 Å². The third-order valence-corrected chi connectivity index (χ3v) is 7.50. The molecule has 0 amide bonds. The van der Waals surface area contributed by atoms with Gasteiger partial charge in [-0.3, -0.25) is 4.79 Å². The zero-order chi connectivity index (χ0) is 21.8. The first-order valence-electron chi connectivity index (χ1n) is 11.4. The zero-order valence-corrected chi connectivity index (χ0v) is 18.9. The normalized spacial score (nSPS) is 26.4. The van der Waals surface area contributed by atoms with Gasteiger partial charge in [-0.05, 0) is 53.4 Å². The summed E-state index contributed by atoms with van der Waals surface area (Å²) < 4.78 is 0. The lowest BCUT2D eigenvalue weighted by atomic mass is 9.70. The van der Waals surface area contributed by atoms with Gasteiger partial charge in [0.2, 0.25) is 0 Å². The van der Waals surface area contributed by atoms with Gasteiger partial charge in [0.15, 0.2) is 5.78 Å². The topological polar surface area (TPSA) is 37.3 Å². The fourth-order valence-corrected chi connectivity index (χ4v) is 5.06. The number of rotatable bonds is 5. The molecule has 2 fully saturated rings. The first-order chi connectivity index (χ1) is 14.3. The van der Waals surface area contributed by atoms with E-state index in [1.807, 2.05) is 48.5 Å². The summed E-state index contributed by atoms with van der Waals surface area (Å²) in [4.78, 5) is 12.6. The zero-order valence-electron chi connectivity index (χ0n) is 18.9. The lowest BCUT2D eigenvalue weighted by Gasteiger charge is -2.31. The van der Waals surface area contributed by atoms with E-state index < -0.39 is 0 Å². The van der Waals surface area contributed by atoms with Crippen molar-refractivity contribution in [2.45, 2.75) is 65.9 Å². The Labute approximate surface area is 182 Å². The second-order valence-corrected chi connectivity index (χ2v) is 9.55. The molecular weight excluding hydrogens is 368 g/mol. The summed E-state index contributed by atoms with van der Waals surface area (Å²) in [6, 6.07) is 20.0. The fourth-order valence-electron chi connectivity index (χ4n) is 5.06. The van der Waals surface area contributed by atoms with Gasteiger partial charge in [0.1, 0.15) is 0 Å². The molecule has 0 saturated heterocycles. The number of aliphatic hydroxyl groups is 1. The molecule has 0 aromatic heterocycles. The lowest BCUT2D eigenvalue weighted by Crippen LogP contribution is -2.32. The minimum absolute atomic E-state index is 0.116. The SMILES string of the molecule is CC12CCC(C(=Cc3ccccc3)C1=O)C2(C)C.CCCCC(O)c1ccccc1. The van der Waals surface area contributed by atoms with Gasteiger partial charge >= 0.3 is 0 Å². The molecule has 2 nitrogen and oxygen atoms in total. The van der Waals surface area contributed by atoms with Crippen molar-refractivity contribution in [3.8, 4) is 0 Å². The van der Waals surface area contributed by atoms with Crippen molar-refractivity contribution < 1.29 is 9.90 Å². The fraction of sp³-hybridized carbons (Fsp3) is 0.464. The number of benzene rings is 2. The van der Waals surface area contributed by atoms with Gasteiger partial charge < -0.3 is 5.11 Å². The monoisotopic (exact) mass is 404 g/mol. The summed E-state index contributed by atoms with van der Waals surface area (Å²) in [6.45, 7) is 8.81. The van der Waals surface area contributed by atoms with E-state index in [9.17, 15) is 9.90 Å². The van der Waals surface area contributed by atoms with Crippen LogP contribution >= 0.6 is 0 Å². The number of allylic oxidation sites excluding steroid dienone is 1. The summed E-state index contributed by atoms with van der Waals surface area (Å²) in [5, 5.41) is 9.65. The highest BCUT2D eigenvalue weighted by Gasteiger charge is 2.63. The quantitative estimate of drug-likeness (QED) is 0.544. The predicted octanol–water partition coefficient (Wildman–Crippen LogP) is 7.01. The second kappa shape index (κ2) is 9.31. The van der Waals surface area contributed by atoms with Crippen molar-refractivity contribution in [1.29, 1.82) is 0 Å². The van der Waals surface area contributed by atoms with Crippen LogP contribution in [0.1, 0.15) is 77.0 Å². The Kier molecular flexibility index (Phi) is 6.98. The molecule has 2 aromatic rings. The van der Waals surface area contributed by atoms with Crippen LogP contribution in [-0.2, 0) is 4.79 Å². The number of Topliss-reactive ketones (excluding diaryl/α,β-unsaturated/α-hetero) is 1. The summed E-state index contributed by atoms with van der Waals surface area (Å²) >= 11 is 0. The van der Waals surface area contributed by atoms with Crippen LogP contribution in [0.4, 0.5) is 0 Å². The first kappa shape index (κ1) is 22.5. The second-order valence-electron chi connectivity index (χ2n) is 9.55. The lowest BCUT2D eigenvalue weighted by molar-refractivity contribution is -0.125. The molecule has 4 rings (SSSR count). The Morgan fingerprint density at radius 2 is 1.63 bits per heavy atom. The molecular formula is C28H36O2.